The van der Waals surface area contributed by atoms with Crippen molar-refractivity contribution in [2.45, 2.75) is 39.3 Å². The maximum absolute atomic E-state index is 14.2. The topological polar surface area (TPSA) is 97.6 Å². The van der Waals surface area contributed by atoms with Gasteiger partial charge in [0.15, 0.2) is 16.3 Å². The number of ether oxygens (including phenoxy) is 5. The van der Waals surface area contributed by atoms with E-state index in [1.807, 2.05) is 13.0 Å². The summed E-state index contributed by atoms with van der Waals surface area (Å²) in [5.74, 6) is 1.14. The normalized spacial score (nSPS) is 14.4. The first-order chi connectivity index (χ1) is 22.3. The molecule has 0 saturated carbocycles. The number of nitrogens with zero attached hydrogens (tertiary/aromatic N) is 2. The van der Waals surface area contributed by atoms with Gasteiger partial charge in [-0.2, -0.15) is 0 Å². The Kier molecular flexibility index (Phi) is 10.2. The average Bonchev–Trinajstić information content (AvgIpc) is 3.37. The van der Waals surface area contributed by atoms with Crippen LogP contribution in [-0.4, -0.2) is 38.5 Å². The van der Waals surface area contributed by atoms with Gasteiger partial charge in [0.05, 0.1) is 43.7 Å². The quantitative estimate of drug-likeness (QED) is 0.192. The van der Waals surface area contributed by atoms with Crippen LogP contribution < -0.4 is 33.8 Å². The Morgan fingerprint density at radius 1 is 0.957 bits per heavy atom. The van der Waals surface area contributed by atoms with E-state index in [-0.39, 0.29) is 24.6 Å². The number of carbonyl (C=O) groups excluding carboxylic acids is 1. The molecular formula is C35H35FN2O7S. The van der Waals surface area contributed by atoms with Crippen LogP contribution in [0.5, 0.6) is 23.0 Å². The zero-order chi connectivity index (χ0) is 32.8. The van der Waals surface area contributed by atoms with Crippen LogP contribution in [0.1, 0.15) is 49.4 Å². The Labute approximate surface area is 269 Å². The van der Waals surface area contributed by atoms with E-state index >= 15 is 0 Å². The largest absolute Gasteiger partial charge is 0.497 e. The molecule has 0 radical (unpaired) electrons. The first-order valence-corrected chi connectivity index (χ1v) is 15.6. The van der Waals surface area contributed by atoms with Crippen molar-refractivity contribution in [1.82, 2.24) is 4.57 Å². The molecular weight excluding hydrogens is 611 g/mol. The summed E-state index contributed by atoms with van der Waals surface area (Å²) in [6, 6.07) is 15.8. The molecule has 1 aliphatic heterocycles. The van der Waals surface area contributed by atoms with Crippen LogP contribution in [0.15, 0.2) is 81.7 Å². The van der Waals surface area contributed by atoms with Gasteiger partial charge in [0.25, 0.3) is 5.56 Å². The van der Waals surface area contributed by atoms with Crippen molar-refractivity contribution in [3.8, 4) is 23.0 Å². The lowest BCUT2D eigenvalue weighted by atomic mass is 9.93. The van der Waals surface area contributed by atoms with Gasteiger partial charge in [0, 0.05) is 5.56 Å². The summed E-state index contributed by atoms with van der Waals surface area (Å²) in [5, 5.41) is 0. The summed E-state index contributed by atoms with van der Waals surface area (Å²) < 4.78 is 43.4. The molecule has 2 heterocycles. The number of allylic oxidation sites excluding steroid dienone is 1. The van der Waals surface area contributed by atoms with Crippen molar-refractivity contribution >= 4 is 23.4 Å². The maximum Gasteiger partial charge on any atom is 0.338 e. The zero-order valence-corrected chi connectivity index (χ0v) is 27.1. The van der Waals surface area contributed by atoms with E-state index in [0.29, 0.717) is 61.1 Å². The predicted molar refractivity (Wildman–Crippen MR) is 173 cm³/mol. The standard InChI is InChI=1S/C35H35FN2O7S/c1-6-8-26-31(34(40)44-7-2)32(25-19-24(41-3)14-16-27(25)42-4)38-33(39)30(46-35(38)37-26)18-22-11-15-28(29(17-22)43-5)45-20-21-9-12-23(36)13-10-21/h9-19,32H,6-8,20H2,1-5H3/b30-18+/t32-/m0/s1. The molecule has 0 spiro atoms. The summed E-state index contributed by atoms with van der Waals surface area (Å²) >= 11 is 1.23. The summed E-state index contributed by atoms with van der Waals surface area (Å²) in [6.45, 7) is 4.13. The van der Waals surface area contributed by atoms with Crippen molar-refractivity contribution in [2.75, 3.05) is 27.9 Å². The first kappa shape index (κ1) is 32.5. The van der Waals surface area contributed by atoms with E-state index in [1.165, 1.54) is 42.3 Å². The molecule has 3 aromatic carbocycles. The Hall–Kier alpha value is -4.90. The summed E-state index contributed by atoms with van der Waals surface area (Å²) in [5.41, 5.74) is 2.61. The molecule has 0 saturated heterocycles. The van der Waals surface area contributed by atoms with Gasteiger partial charge in [0.2, 0.25) is 0 Å². The number of methoxy groups -OCH3 is 3. The maximum atomic E-state index is 14.2. The van der Waals surface area contributed by atoms with Crippen LogP contribution in [0, 0.1) is 5.82 Å². The molecule has 1 atom stereocenters. The van der Waals surface area contributed by atoms with Crippen LogP contribution in [0.25, 0.3) is 6.08 Å². The molecule has 0 amide bonds. The predicted octanol–water partition coefficient (Wildman–Crippen LogP) is 5.32. The van der Waals surface area contributed by atoms with Gasteiger partial charge < -0.3 is 23.7 Å². The zero-order valence-electron chi connectivity index (χ0n) is 26.3. The summed E-state index contributed by atoms with van der Waals surface area (Å²) in [4.78, 5) is 33.0. The van der Waals surface area contributed by atoms with Crippen molar-refractivity contribution in [3.63, 3.8) is 0 Å². The van der Waals surface area contributed by atoms with Crippen LogP contribution in [-0.2, 0) is 16.1 Å². The number of thiazole rings is 1. The number of rotatable bonds is 12. The fourth-order valence-electron chi connectivity index (χ4n) is 5.25. The summed E-state index contributed by atoms with van der Waals surface area (Å²) in [7, 11) is 4.62. The van der Waals surface area contributed by atoms with Gasteiger partial charge >= 0.3 is 5.97 Å². The number of fused-ring (bicyclic) bond motifs is 1. The fourth-order valence-corrected chi connectivity index (χ4v) is 6.27. The van der Waals surface area contributed by atoms with Gasteiger partial charge in [-0.05, 0) is 73.0 Å². The van der Waals surface area contributed by atoms with Gasteiger partial charge in [-0.3, -0.25) is 9.36 Å². The van der Waals surface area contributed by atoms with Crippen molar-refractivity contribution in [2.24, 2.45) is 4.99 Å². The van der Waals surface area contributed by atoms with Crippen molar-refractivity contribution in [1.29, 1.82) is 0 Å². The Morgan fingerprint density at radius 2 is 1.70 bits per heavy atom. The second kappa shape index (κ2) is 14.5. The number of carbonyl (C=O) groups is 1. The third kappa shape index (κ3) is 6.69. The fraction of sp³-hybridized carbons (Fsp3) is 0.286. The van der Waals surface area contributed by atoms with E-state index in [1.54, 1.807) is 62.6 Å². The van der Waals surface area contributed by atoms with Gasteiger partial charge in [-0.25, -0.2) is 14.2 Å². The molecule has 240 valence electrons. The number of halogens is 1. The first-order valence-electron chi connectivity index (χ1n) is 14.8. The lowest BCUT2D eigenvalue weighted by Gasteiger charge is -2.27. The van der Waals surface area contributed by atoms with E-state index in [9.17, 15) is 14.0 Å². The third-order valence-electron chi connectivity index (χ3n) is 7.42. The smallest absolute Gasteiger partial charge is 0.338 e. The van der Waals surface area contributed by atoms with Crippen LogP contribution in [0.4, 0.5) is 4.39 Å². The number of hydrogen-bond acceptors (Lipinski definition) is 9. The van der Waals surface area contributed by atoms with Crippen LogP contribution in [0.3, 0.4) is 0 Å². The Bertz CT molecular complexity index is 1950. The highest BCUT2D eigenvalue weighted by Crippen LogP contribution is 2.39. The molecule has 11 heteroatoms. The monoisotopic (exact) mass is 646 g/mol. The summed E-state index contributed by atoms with van der Waals surface area (Å²) in [6.07, 6.45) is 3.00. The van der Waals surface area contributed by atoms with Crippen molar-refractivity contribution < 1.29 is 32.9 Å². The van der Waals surface area contributed by atoms with Gasteiger partial charge in [-0.1, -0.05) is 42.9 Å². The van der Waals surface area contributed by atoms with E-state index in [0.717, 1.165) is 12.0 Å². The highest BCUT2D eigenvalue weighted by molar-refractivity contribution is 7.07. The van der Waals surface area contributed by atoms with E-state index in [4.69, 9.17) is 28.7 Å². The Balaban J connectivity index is 1.62. The third-order valence-corrected chi connectivity index (χ3v) is 8.40. The molecule has 0 fully saturated rings. The second-order valence-corrected chi connectivity index (χ2v) is 11.4. The lowest BCUT2D eigenvalue weighted by Crippen LogP contribution is -2.40. The molecule has 1 aromatic heterocycles. The van der Waals surface area contributed by atoms with Gasteiger partial charge in [-0.15, -0.1) is 0 Å². The molecule has 46 heavy (non-hydrogen) atoms. The number of esters is 1. The van der Waals surface area contributed by atoms with Crippen LogP contribution in [0.2, 0.25) is 0 Å². The van der Waals surface area contributed by atoms with E-state index in [2.05, 4.69) is 0 Å². The number of benzene rings is 3. The minimum Gasteiger partial charge on any atom is -0.497 e. The highest BCUT2D eigenvalue weighted by atomic mass is 32.1. The molecule has 0 unspecified atom stereocenters. The molecule has 0 bridgehead atoms. The molecule has 4 aromatic rings. The molecule has 1 aliphatic rings. The Morgan fingerprint density at radius 3 is 2.37 bits per heavy atom. The minimum absolute atomic E-state index is 0.166. The lowest BCUT2D eigenvalue weighted by molar-refractivity contribution is -0.139. The SMILES string of the molecule is CCCC1=C(C(=O)OCC)[C@H](c2cc(OC)ccc2OC)n2c(s/c(=C/c3ccc(OCc4ccc(F)cc4)c(OC)c3)c2=O)=N1. The van der Waals surface area contributed by atoms with Crippen molar-refractivity contribution in [3.05, 3.63) is 114 Å². The second-order valence-electron chi connectivity index (χ2n) is 10.3. The molecule has 9 nitrogen and oxygen atoms in total. The molecule has 5 rings (SSSR count). The van der Waals surface area contributed by atoms with Gasteiger partial charge in [0.1, 0.15) is 30.0 Å². The number of aromatic nitrogens is 1. The molecule has 0 aliphatic carbocycles. The van der Waals surface area contributed by atoms with Crippen LogP contribution >= 0.6 is 11.3 Å². The number of hydrogen-bond donors (Lipinski definition) is 0. The molecule has 0 N–H and O–H groups in total. The highest BCUT2D eigenvalue weighted by Gasteiger charge is 2.36. The minimum atomic E-state index is -0.860. The average molecular weight is 647 g/mol. The van der Waals surface area contributed by atoms with E-state index < -0.39 is 12.0 Å².